The van der Waals surface area contributed by atoms with Crippen molar-refractivity contribution in [2.45, 2.75) is 44.5 Å². The number of aryl methyl sites for hydroxylation is 1. The maximum atomic E-state index is 11.8. The van der Waals surface area contributed by atoms with Crippen molar-refractivity contribution in [1.29, 1.82) is 0 Å². The summed E-state index contributed by atoms with van der Waals surface area (Å²) >= 11 is 0. The van der Waals surface area contributed by atoms with Crippen LogP contribution in [-0.4, -0.2) is 23.6 Å². The lowest BCUT2D eigenvalue weighted by atomic mass is 9.73. The Balaban J connectivity index is 1.32. The van der Waals surface area contributed by atoms with Crippen LogP contribution in [0.2, 0.25) is 0 Å². The summed E-state index contributed by atoms with van der Waals surface area (Å²) in [6, 6.07) is 18.0. The molecule has 1 saturated heterocycles. The predicted molar refractivity (Wildman–Crippen MR) is 120 cm³/mol. The van der Waals surface area contributed by atoms with E-state index in [-0.39, 0.29) is 11.3 Å². The Morgan fingerprint density at radius 2 is 1.94 bits per heavy atom. The molecular formula is C26H29NO4. The van der Waals surface area contributed by atoms with Crippen LogP contribution in [0.4, 0.5) is 0 Å². The van der Waals surface area contributed by atoms with Crippen LogP contribution in [0.1, 0.15) is 43.2 Å². The highest BCUT2D eigenvalue weighted by Crippen LogP contribution is 2.46. The summed E-state index contributed by atoms with van der Waals surface area (Å²) in [6.45, 7) is 4.20. The number of nitrogens with zero attached hydrogens (tertiary/aromatic N) is 1. The molecule has 1 spiro atoms. The molecule has 2 atom stereocenters. The molecule has 1 saturated carbocycles. The third kappa shape index (κ3) is 4.00. The number of benzene rings is 2. The number of aromatic nitrogens is 1. The SMILES string of the molecule is CC1CCC2(CC1c1cccc(OCc3ccc4c(ccc(=O)n4C)c3)c1)OCCO2. The first-order valence-corrected chi connectivity index (χ1v) is 11.1. The standard InChI is InChI=1S/C26H29NO4/c1-18-10-11-26(30-12-13-31-26)16-23(18)20-4-3-5-22(15-20)29-17-19-6-8-24-21(14-19)7-9-25(28)27(24)2/h3-9,14-15,18,23H,10-13,16-17H2,1-2H3. The molecule has 1 aliphatic carbocycles. The first kappa shape index (κ1) is 20.3. The van der Waals surface area contributed by atoms with Gasteiger partial charge in [0.25, 0.3) is 5.56 Å². The molecule has 3 aromatic rings. The van der Waals surface area contributed by atoms with E-state index in [1.165, 1.54) is 5.56 Å². The molecule has 5 heteroatoms. The average molecular weight is 420 g/mol. The fourth-order valence-corrected chi connectivity index (χ4v) is 5.02. The van der Waals surface area contributed by atoms with Gasteiger partial charge in [-0.3, -0.25) is 4.79 Å². The van der Waals surface area contributed by atoms with Gasteiger partial charge in [0.05, 0.1) is 18.7 Å². The molecule has 2 fully saturated rings. The van der Waals surface area contributed by atoms with Crippen LogP contribution in [0.5, 0.6) is 5.75 Å². The number of ether oxygens (including phenoxy) is 3. The average Bonchev–Trinajstić information content (AvgIpc) is 3.25. The van der Waals surface area contributed by atoms with E-state index in [1.807, 2.05) is 24.3 Å². The minimum Gasteiger partial charge on any atom is -0.489 e. The van der Waals surface area contributed by atoms with Crippen molar-refractivity contribution in [3.63, 3.8) is 0 Å². The first-order valence-electron chi connectivity index (χ1n) is 11.1. The number of fused-ring (bicyclic) bond motifs is 1. The highest BCUT2D eigenvalue weighted by atomic mass is 16.7. The van der Waals surface area contributed by atoms with E-state index in [0.717, 1.165) is 41.5 Å². The largest absolute Gasteiger partial charge is 0.489 e. The molecule has 2 heterocycles. The van der Waals surface area contributed by atoms with Gasteiger partial charge in [0.1, 0.15) is 12.4 Å². The van der Waals surface area contributed by atoms with Gasteiger partial charge in [0.2, 0.25) is 0 Å². The Kier molecular flexibility index (Phi) is 5.32. The van der Waals surface area contributed by atoms with Gasteiger partial charge < -0.3 is 18.8 Å². The molecule has 0 N–H and O–H groups in total. The Morgan fingerprint density at radius 3 is 2.77 bits per heavy atom. The first-order chi connectivity index (χ1) is 15.0. The van der Waals surface area contributed by atoms with Gasteiger partial charge in [-0.05, 0) is 65.1 Å². The van der Waals surface area contributed by atoms with Crippen LogP contribution in [0.15, 0.2) is 59.4 Å². The third-order valence-corrected chi connectivity index (χ3v) is 6.89. The highest BCUT2D eigenvalue weighted by Gasteiger charge is 2.44. The van der Waals surface area contributed by atoms with E-state index in [4.69, 9.17) is 14.2 Å². The Hall–Kier alpha value is -2.63. The lowest BCUT2D eigenvalue weighted by molar-refractivity contribution is -0.186. The molecule has 0 bridgehead atoms. The Bertz CT molecular complexity index is 1150. The zero-order valence-corrected chi connectivity index (χ0v) is 18.2. The number of hydrogen-bond donors (Lipinski definition) is 0. The van der Waals surface area contributed by atoms with Crippen molar-refractivity contribution in [3.05, 3.63) is 76.1 Å². The number of rotatable bonds is 4. The monoisotopic (exact) mass is 419 g/mol. The van der Waals surface area contributed by atoms with Crippen molar-refractivity contribution in [2.24, 2.45) is 13.0 Å². The molecule has 1 aliphatic heterocycles. The van der Waals surface area contributed by atoms with Gasteiger partial charge in [-0.1, -0.05) is 25.1 Å². The molecule has 2 aromatic carbocycles. The molecule has 2 unspecified atom stereocenters. The van der Waals surface area contributed by atoms with Crippen molar-refractivity contribution in [2.75, 3.05) is 13.2 Å². The molecule has 0 radical (unpaired) electrons. The second kappa shape index (κ2) is 8.13. The fourth-order valence-electron chi connectivity index (χ4n) is 5.02. The summed E-state index contributed by atoms with van der Waals surface area (Å²) in [5.74, 6) is 1.47. The smallest absolute Gasteiger partial charge is 0.250 e. The van der Waals surface area contributed by atoms with Crippen molar-refractivity contribution < 1.29 is 14.2 Å². The number of hydrogen-bond acceptors (Lipinski definition) is 4. The lowest BCUT2D eigenvalue weighted by Crippen LogP contribution is -2.38. The van der Waals surface area contributed by atoms with E-state index in [0.29, 0.717) is 31.7 Å². The van der Waals surface area contributed by atoms with Crippen LogP contribution in [0.3, 0.4) is 0 Å². The van der Waals surface area contributed by atoms with E-state index < -0.39 is 0 Å². The van der Waals surface area contributed by atoms with Gasteiger partial charge in [-0.15, -0.1) is 0 Å². The zero-order valence-electron chi connectivity index (χ0n) is 18.2. The maximum absolute atomic E-state index is 11.8. The van der Waals surface area contributed by atoms with E-state index in [1.54, 1.807) is 17.7 Å². The summed E-state index contributed by atoms with van der Waals surface area (Å²) < 4.78 is 19.8. The minimum atomic E-state index is -0.390. The Morgan fingerprint density at radius 1 is 1.10 bits per heavy atom. The van der Waals surface area contributed by atoms with E-state index >= 15 is 0 Å². The summed E-state index contributed by atoms with van der Waals surface area (Å²) in [5, 5.41) is 1.04. The van der Waals surface area contributed by atoms with Crippen molar-refractivity contribution >= 4 is 10.9 Å². The molecule has 162 valence electrons. The quantitative estimate of drug-likeness (QED) is 0.612. The van der Waals surface area contributed by atoms with Gasteiger partial charge in [0, 0.05) is 26.0 Å². The summed E-state index contributed by atoms with van der Waals surface area (Å²) in [5.41, 5.74) is 3.29. The van der Waals surface area contributed by atoms with Crippen LogP contribution in [-0.2, 0) is 23.1 Å². The summed E-state index contributed by atoms with van der Waals surface area (Å²) in [4.78, 5) is 11.8. The van der Waals surface area contributed by atoms with Gasteiger partial charge in [-0.25, -0.2) is 0 Å². The van der Waals surface area contributed by atoms with Crippen molar-refractivity contribution in [3.8, 4) is 5.75 Å². The second-order valence-electron chi connectivity index (χ2n) is 8.92. The molecule has 1 aromatic heterocycles. The molecule has 0 amide bonds. The van der Waals surface area contributed by atoms with Crippen molar-refractivity contribution in [1.82, 2.24) is 4.57 Å². The molecule has 5 nitrogen and oxygen atoms in total. The van der Waals surface area contributed by atoms with Crippen LogP contribution >= 0.6 is 0 Å². The second-order valence-corrected chi connectivity index (χ2v) is 8.92. The summed E-state index contributed by atoms with van der Waals surface area (Å²) in [7, 11) is 1.80. The maximum Gasteiger partial charge on any atom is 0.250 e. The molecule has 2 aliphatic rings. The molecule has 5 rings (SSSR count). The fraction of sp³-hybridized carbons (Fsp3) is 0.423. The molecular weight excluding hydrogens is 390 g/mol. The summed E-state index contributed by atoms with van der Waals surface area (Å²) in [6.07, 6.45) is 2.99. The van der Waals surface area contributed by atoms with Gasteiger partial charge >= 0.3 is 0 Å². The Labute approximate surface area is 182 Å². The highest BCUT2D eigenvalue weighted by molar-refractivity contribution is 5.79. The van der Waals surface area contributed by atoms with E-state index in [2.05, 4.69) is 31.2 Å². The zero-order chi connectivity index (χ0) is 21.4. The van der Waals surface area contributed by atoms with Gasteiger partial charge in [0.15, 0.2) is 5.79 Å². The lowest BCUT2D eigenvalue weighted by Gasteiger charge is -2.40. The predicted octanol–water partition coefficient (Wildman–Crippen LogP) is 4.76. The minimum absolute atomic E-state index is 0.000407. The van der Waals surface area contributed by atoms with Crippen LogP contribution in [0, 0.1) is 5.92 Å². The third-order valence-electron chi connectivity index (χ3n) is 6.89. The topological polar surface area (TPSA) is 49.7 Å². The van der Waals surface area contributed by atoms with Crippen LogP contribution < -0.4 is 10.3 Å². The normalized spacial score (nSPS) is 22.8. The number of pyridine rings is 1. The van der Waals surface area contributed by atoms with Crippen LogP contribution in [0.25, 0.3) is 10.9 Å². The van der Waals surface area contributed by atoms with Gasteiger partial charge in [-0.2, -0.15) is 0 Å². The molecule has 31 heavy (non-hydrogen) atoms. The van der Waals surface area contributed by atoms with E-state index in [9.17, 15) is 4.79 Å².